The number of fused-ring (bicyclic) bond motifs is 1. The first-order chi connectivity index (χ1) is 6.59. The summed E-state index contributed by atoms with van der Waals surface area (Å²) in [7, 11) is 0. The van der Waals surface area contributed by atoms with E-state index in [4.69, 9.17) is 0 Å². The number of hydrogen-bond donors (Lipinski definition) is 0. The van der Waals surface area contributed by atoms with Crippen LogP contribution < -0.4 is 0 Å². The van der Waals surface area contributed by atoms with Gasteiger partial charge in [0.2, 0.25) is 0 Å². The van der Waals surface area contributed by atoms with E-state index in [1.165, 1.54) is 11.3 Å². The van der Waals surface area contributed by atoms with E-state index in [0.29, 0.717) is 0 Å². The molecule has 0 bridgehead atoms. The number of thiophene rings is 1. The fourth-order valence-electron chi connectivity index (χ4n) is 1.15. The Labute approximate surface area is 111 Å². The molecule has 2 aromatic rings. The molecule has 0 atom stereocenters. The minimum absolute atomic E-state index is 0.208. The third-order valence-electron chi connectivity index (χ3n) is 1.79. The number of benzene rings is 1. The van der Waals surface area contributed by atoms with Gasteiger partial charge in [-0.15, -0.1) is 11.3 Å². The van der Waals surface area contributed by atoms with Crippen molar-refractivity contribution in [1.82, 2.24) is 0 Å². The van der Waals surface area contributed by atoms with Crippen LogP contribution in [0.25, 0.3) is 10.1 Å². The molecule has 1 heterocycles. The van der Waals surface area contributed by atoms with Crippen LogP contribution in [0.3, 0.4) is 0 Å². The molecule has 0 aliphatic heterocycles. The van der Waals surface area contributed by atoms with Crippen LogP contribution in [-0.4, -0.2) is 4.92 Å². The first kappa shape index (κ1) is 10.6. The maximum atomic E-state index is 10.7. The van der Waals surface area contributed by atoms with E-state index in [1.807, 2.05) is 12.1 Å². The van der Waals surface area contributed by atoms with Gasteiger partial charge in [0.05, 0.1) is 15.7 Å². The van der Waals surface area contributed by atoms with Gasteiger partial charge in [-0.25, -0.2) is 0 Å². The van der Waals surface area contributed by atoms with Crippen molar-refractivity contribution in [3.8, 4) is 0 Å². The highest BCUT2D eigenvalue weighted by Gasteiger charge is 2.15. The number of hydrogen-bond acceptors (Lipinski definition) is 3. The van der Waals surface area contributed by atoms with Crippen LogP contribution in [0.15, 0.2) is 17.5 Å². The Balaban J connectivity index is 2.80. The third-order valence-corrected chi connectivity index (χ3v) is 5.54. The lowest BCUT2D eigenvalue weighted by molar-refractivity contribution is -0.382. The number of rotatable bonds is 1. The lowest BCUT2D eigenvalue weighted by atomic mass is 10.2. The fourth-order valence-corrected chi connectivity index (χ4v) is 3.22. The second-order valence-corrected chi connectivity index (χ2v) is 5.88. The van der Waals surface area contributed by atoms with Crippen molar-refractivity contribution < 1.29 is 4.92 Å². The van der Waals surface area contributed by atoms with Gasteiger partial charge in [-0.05, 0) is 57.3 Å². The molecule has 0 saturated heterocycles. The van der Waals surface area contributed by atoms with Crippen LogP contribution in [-0.2, 0) is 0 Å². The monoisotopic (exact) mass is 431 g/mol. The van der Waals surface area contributed by atoms with Gasteiger partial charge in [-0.2, -0.15) is 0 Å². The minimum atomic E-state index is -0.332. The summed E-state index contributed by atoms with van der Waals surface area (Å²) < 4.78 is 3.16. The number of halogens is 2. The van der Waals surface area contributed by atoms with E-state index in [2.05, 4.69) is 45.2 Å². The lowest BCUT2D eigenvalue weighted by Gasteiger charge is -1.95. The van der Waals surface area contributed by atoms with Gasteiger partial charge in [0, 0.05) is 11.8 Å². The van der Waals surface area contributed by atoms with Crippen LogP contribution >= 0.6 is 56.5 Å². The minimum Gasteiger partial charge on any atom is -0.258 e. The van der Waals surface area contributed by atoms with Gasteiger partial charge in [0.15, 0.2) is 0 Å². The van der Waals surface area contributed by atoms with E-state index < -0.39 is 0 Å². The van der Waals surface area contributed by atoms with Crippen molar-refractivity contribution in [3.05, 3.63) is 34.8 Å². The van der Waals surface area contributed by atoms with E-state index in [0.717, 1.165) is 17.2 Å². The van der Waals surface area contributed by atoms with Gasteiger partial charge in [-0.1, -0.05) is 0 Å². The molecule has 2 rings (SSSR count). The topological polar surface area (TPSA) is 43.1 Å². The Morgan fingerprint density at radius 3 is 2.57 bits per heavy atom. The summed E-state index contributed by atoms with van der Waals surface area (Å²) in [5, 5.41) is 13.0. The average Bonchev–Trinajstić information content (AvgIpc) is 2.48. The molecule has 0 N–H and O–H groups in total. The summed E-state index contributed by atoms with van der Waals surface area (Å²) in [5.74, 6) is 0. The van der Waals surface area contributed by atoms with Crippen molar-refractivity contribution in [1.29, 1.82) is 0 Å². The first-order valence-corrected chi connectivity index (χ1v) is 6.64. The van der Waals surface area contributed by atoms with Crippen molar-refractivity contribution in [2.24, 2.45) is 0 Å². The zero-order valence-electron chi connectivity index (χ0n) is 6.66. The maximum absolute atomic E-state index is 10.7. The van der Waals surface area contributed by atoms with Gasteiger partial charge >= 0.3 is 0 Å². The highest BCUT2D eigenvalue weighted by molar-refractivity contribution is 14.1. The highest BCUT2D eigenvalue weighted by atomic mass is 127. The van der Waals surface area contributed by atoms with Gasteiger partial charge in [0.1, 0.15) is 0 Å². The molecule has 0 amide bonds. The normalized spacial score (nSPS) is 10.7. The molecule has 3 nitrogen and oxygen atoms in total. The third kappa shape index (κ3) is 1.74. The predicted molar refractivity (Wildman–Crippen MR) is 73.9 cm³/mol. The second kappa shape index (κ2) is 3.89. The van der Waals surface area contributed by atoms with Gasteiger partial charge in [0.25, 0.3) is 5.69 Å². The number of nitro groups is 1. The second-order valence-electron chi connectivity index (χ2n) is 2.64. The Bertz CT molecular complexity index is 523. The standard InChI is InChI=1S/C8H3I2NO2S/c9-5-1-4-7(11(12)13)3-14-8(4)2-6(5)10/h1-3H. The summed E-state index contributed by atoms with van der Waals surface area (Å²) in [6, 6.07) is 3.85. The zero-order chi connectivity index (χ0) is 10.3. The molecule has 72 valence electrons. The molecule has 1 aromatic heterocycles. The Kier molecular flexibility index (Phi) is 2.93. The van der Waals surface area contributed by atoms with Crippen LogP contribution in [0.4, 0.5) is 5.69 Å². The van der Waals surface area contributed by atoms with E-state index in [1.54, 1.807) is 5.38 Å². The summed E-state index contributed by atoms with van der Waals surface area (Å²) in [6.07, 6.45) is 0. The molecule has 14 heavy (non-hydrogen) atoms. The molecule has 0 aliphatic carbocycles. The summed E-state index contributed by atoms with van der Waals surface area (Å²) in [4.78, 5) is 10.3. The average molecular weight is 431 g/mol. The summed E-state index contributed by atoms with van der Waals surface area (Å²) in [6.45, 7) is 0. The molecule has 0 spiro atoms. The largest absolute Gasteiger partial charge is 0.287 e. The predicted octanol–water partition coefficient (Wildman–Crippen LogP) is 4.02. The lowest BCUT2D eigenvalue weighted by Crippen LogP contribution is -1.86. The van der Waals surface area contributed by atoms with E-state index in [-0.39, 0.29) is 10.6 Å². The van der Waals surface area contributed by atoms with Crippen LogP contribution in [0, 0.1) is 17.3 Å². The van der Waals surface area contributed by atoms with Crippen molar-refractivity contribution in [3.63, 3.8) is 0 Å². The van der Waals surface area contributed by atoms with Crippen LogP contribution in [0.5, 0.6) is 0 Å². The molecule has 0 unspecified atom stereocenters. The van der Waals surface area contributed by atoms with Crippen molar-refractivity contribution >= 4 is 72.3 Å². The van der Waals surface area contributed by atoms with Gasteiger partial charge < -0.3 is 0 Å². The van der Waals surface area contributed by atoms with E-state index >= 15 is 0 Å². The summed E-state index contributed by atoms with van der Waals surface area (Å²) >= 11 is 5.83. The fraction of sp³-hybridized carbons (Fsp3) is 0. The molecule has 0 aliphatic rings. The summed E-state index contributed by atoms with van der Waals surface area (Å²) in [5.41, 5.74) is 0.208. The van der Waals surface area contributed by atoms with E-state index in [9.17, 15) is 10.1 Å². The first-order valence-electron chi connectivity index (χ1n) is 3.60. The molecule has 0 fully saturated rings. The molecular weight excluding hydrogens is 428 g/mol. The number of nitrogens with zero attached hydrogens (tertiary/aromatic N) is 1. The smallest absolute Gasteiger partial charge is 0.258 e. The Hall–Kier alpha value is 0.0400. The maximum Gasteiger partial charge on any atom is 0.287 e. The highest BCUT2D eigenvalue weighted by Crippen LogP contribution is 2.34. The molecule has 0 radical (unpaired) electrons. The molecule has 0 saturated carbocycles. The SMILES string of the molecule is O=[N+]([O-])c1csc2cc(I)c(I)cc12. The van der Waals surface area contributed by atoms with Crippen molar-refractivity contribution in [2.75, 3.05) is 0 Å². The Morgan fingerprint density at radius 2 is 1.93 bits per heavy atom. The van der Waals surface area contributed by atoms with Crippen LogP contribution in [0.2, 0.25) is 0 Å². The van der Waals surface area contributed by atoms with Gasteiger partial charge in [-0.3, -0.25) is 10.1 Å². The molecular formula is C8H3I2NO2S. The van der Waals surface area contributed by atoms with Crippen LogP contribution in [0.1, 0.15) is 0 Å². The molecule has 6 heteroatoms. The quantitative estimate of drug-likeness (QED) is 0.389. The molecule has 1 aromatic carbocycles. The zero-order valence-corrected chi connectivity index (χ0v) is 11.8. The Morgan fingerprint density at radius 1 is 1.29 bits per heavy atom. The van der Waals surface area contributed by atoms with Crippen molar-refractivity contribution in [2.45, 2.75) is 0 Å².